The van der Waals surface area contributed by atoms with Gasteiger partial charge in [0.2, 0.25) is 11.8 Å². The van der Waals surface area contributed by atoms with Gasteiger partial charge in [-0.15, -0.1) is 0 Å². The topological polar surface area (TPSA) is 105 Å². The number of aliphatic carboxylic acids is 1. The average molecular weight is 317 g/mol. The molecule has 0 aliphatic heterocycles. The maximum absolute atomic E-state index is 11.9. The molecule has 7 heteroatoms. The number of hydrogen-bond donors (Lipinski definition) is 2. The van der Waals surface area contributed by atoms with Gasteiger partial charge in [-0.1, -0.05) is 35.5 Å². The Morgan fingerprint density at radius 2 is 2.04 bits per heavy atom. The third-order valence-corrected chi connectivity index (χ3v) is 3.28. The Bertz CT molecular complexity index is 654. The molecule has 1 atom stereocenters. The van der Waals surface area contributed by atoms with Crippen LogP contribution in [0.3, 0.4) is 0 Å². The molecule has 7 nitrogen and oxygen atoms in total. The monoisotopic (exact) mass is 317 g/mol. The quantitative estimate of drug-likeness (QED) is 0.764. The molecule has 0 saturated heterocycles. The number of carbonyl (C=O) groups excluding carboxylic acids is 1. The Morgan fingerprint density at radius 3 is 2.65 bits per heavy atom. The second-order valence-electron chi connectivity index (χ2n) is 5.24. The number of aryl methyl sites for hydroxylation is 2. The van der Waals surface area contributed by atoms with E-state index in [9.17, 15) is 14.7 Å². The maximum Gasteiger partial charge on any atom is 0.326 e. The highest BCUT2D eigenvalue weighted by molar-refractivity contribution is 5.83. The van der Waals surface area contributed by atoms with Crippen molar-refractivity contribution in [1.29, 1.82) is 0 Å². The van der Waals surface area contributed by atoms with Crippen molar-refractivity contribution in [3.8, 4) is 0 Å². The van der Waals surface area contributed by atoms with Crippen LogP contribution >= 0.6 is 0 Å². The third kappa shape index (κ3) is 5.54. The summed E-state index contributed by atoms with van der Waals surface area (Å²) in [5.41, 5.74) is 0.863. The zero-order valence-corrected chi connectivity index (χ0v) is 12.9. The Kier molecular flexibility index (Phi) is 5.85. The number of nitrogens with zero attached hydrogens (tertiary/aromatic N) is 2. The predicted octanol–water partition coefficient (Wildman–Crippen LogP) is 1.51. The van der Waals surface area contributed by atoms with Gasteiger partial charge in [0.1, 0.15) is 6.04 Å². The molecular formula is C16H19N3O4. The smallest absolute Gasteiger partial charge is 0.326 e. The summed E-state index contributed by atoms with van der Waals surface area (Å²) in [6.07, 6.45) is 1.47. The molecule has 1 aromatic heterocycles. The van der Waals surface area contributed by atoms with Crippen LogP contribution in [0.2, 0.25) is 0 Å². The molecular weight excluding hydrogens is 298 g/mol. The Balaban J connectivity index is 1.79. The molecule has 1 amide bonds. The zero-order chi connectivity index (χ0) is 16.7. The molecule has 0 saturated carbocycles. The first-order chi connectivity index (χ1) is 11.0. The minimum Gasteiger partial charge on any atom is -0.480 e. The van der Waals surface area contributed by atoms with Crippen molar-refractivity contribution >= 4 is 11.9 Å². The number of amides is 1. The van der Waals surface area contributed by atoms with Gasteiger partial charge in [-0.2, -0.15) is 4.98 Å². The van der Waals surface area contributed by atoms with E-state index in [2.05, 4.69) is 15.5 Å². The molecule has 23 heavy (non-hydrogen) atoms. The second-order valence-corrected chi connectivity index (χ2v) is 5.24. The minimum atomic E-state index is -1.05. The lowest BCUT2D eigenvalue weighted by Crippen LogP contribution is -2.42. The van der Waals surface area contributed by atoms with E-state index in [1.165, 1.54) is 0 Å². The first-order valence-electron chi connectivity index (χ1n) is 7.40. The van der Waals surface area contributed by atoms with Crippen molar-refractivity contribution in [3.63, 3.8) is 0 Å². The van der Waals surface area contributed by atoms with Crippen LogP contribution in [-0.2, 0) is 22.4 Å². The van der Waals surface area contributed by atoms with Crippen LogP contribution in [0.4, 0.5) is 0 Å². The highest BCUT2D eigenvalue weighted by Crippen LogP contribution is 2.06. The van der Waals surface area contributed by atoms with Gasteiger partial charge in [0.05, 0.1) is 0 Å². The summed E-state index contributed by atoms with van der Waals surface area (Å²) in [4.78, 5) is 27.2. The summed E-state index contributed by atoms with van der Waals surface area (Å²) >= 11 is 0. The van der Waals surface area contributed by atoms with Crippen LogP contribution in [0, 0.1) is 6.92 Å². The van der Waals surface area contributed by atoms with E-state index in [1.807, 2.05) is 30.3 Å². The lowest BCUT2D eigenvalue weighted by molar-refractivity contribution is -0.141. The number of rotatable bonds is 8. The highest BCUT2D eigenvalue weighted by Gasteiger charge is 2.20. The van der Waals surface area contributed by atoms with Gasteiger partial charge in [0, 0.05) is 19.3 Å². The summed E-state index contributed by atoms with van der Waals surface area (Å²) in [5, 5.41) is 15.5. The van der Waals surface area contributed by atoms with Gasteiger partial charge in [0.25, 0.3) is 0 Å². The Hall–Kier alpha value is -2.70. The number of carbonyl (C=O) groups is 2. The Labute approximate surface area is 133 Å². The van der Waals surface area contributed by atoms with Crippen LogP contribution in [0.15, 0.2) is 34.9 Å². The van der Waals surface area contributed by atoms with E-state index in [0.717, 1.165) is 5.56 Å². The van der Waals surface area contributed by atoms with Gasteiger partial charge >= 0.3 is 5.97 Å². The molecule has 0 radical (unpaired) electrons. The molecule has 2 rings (SSSR count). The lowest BCUT2D eigenvalue weighted by Gasteiger charge is -2.14. The van der Waals surface area contributed by atoms with E-state index < -0.39 is 12.0 Å². The Morgan fingerprint density at radius 1 is 1.30 bits per heavy atom. The predicted molar refractivity (Wildman–Crippen MR) is 81.7 cm³/mol. The SMILES string of the molecule is Cc1noc(CCCC(=O)NC(Cc2ccccc2)C(=O)O)n1. The highest BCUT2D eigenvalue weighted by atomic mass is 16.5. The van der Waals surface area contributed by atoms with Crippen molar-refractivity contribution in [1.82, 2.24) is 15.5 Å². The number of carboxylic acids is 1. The van der Waals surface area contributed by atoms with E-state index in [1.54, 1.807) is 6.92 Å². The van der Waals surface area contributed by atoms with Crippen molar-refractivity contribution in [2.24, 2.45) is 0 Å². The molecule has 0 spiro atoms. The van der Waals surface area contributed by atoms with E-state index in [4.69, 9.17) is 4.52 Å². The van der Waals surface area contributed by atoms with Gasteiger partial charge in [0.15, 0.2) is 5.82 Å². The number of benzene rings is 1. The summed E-state index contributed by atoms with van der Waals surface area (Å²) in [6.45, 7) is 1.72. The summed E-state index contributed by atoms with van der Waals surface area (Å²) in [7, 11) is 0. The molecule has 0 fully saturated rings. The van der Waals surface area contributed by atoms with Crippen molar-refractivity contribution < 1.29 is 19.2 Å². The number of aromatic nitrogens is 2. The van der Waals surface area contributed by atoms with Crippen molar-refractivity contribution in [2.45, 2.75) is 38.6 Å². The molecule has 0 bridgehead atoms. The molecule has 122 valence electrons. The first-order valence-corrected chi connectivity index (χ1v) is 7.40. The van der Waals surface area contributed by atoms with Crippen LogP contribution in [-0.4, -0.2) is 33.2 Å². The molecule has 1 heterocycles. The normalized spacial score (nSPS) is 11.9. The van der Waals surface area contributed by atoms with E-state index in [0.29, 0.717) is 24.6 Å². The van der Waals surface area contributed by atoms with E-state index >= 15 is 0 Å². The fraction of sp³-hybridized carbons (Fsp3) is 0.375. The van der Waals surface area contributed by atoms with Gasteiger partial charge < -0.3 is 14.9 Å². The number of carboxylic acid groups (broad SMARTS) is 1. The average Bonchev–Trinajstić information content (AvgIpc) is 2.93. The molecule has 0 aliphatic rings. The zero-order valence-electron chi connectivity index (χ0n) is 12.9. The van der Waals surface area contributed by atoms with Crippen LogP contribution in [0.25, 0.3) is 0 Å². The van der Waals surface area contributed by atoms with Crippen molar-refractivity contribution in [3.05, 3.63) is 47.6 Å². The number of nitrogens with one attached hydrogen (secondary N) is 1. The van der Waals surface area contributed by atoms with Gasteiger partial charge in [-0.05, 0) is 18.9 Å². The molecule has 2 N–H and O–H groups in total. The maximum atomic E-state index is 11.9. The van der Waals surface area contributed by atoms with Gasteiger partial charge in [-0.3, -0.25) is 4.79 Å². The molecule has 2 aromatic rings. The first kappa shape index (κ1) is 16.7. The largest absolute Gasteiger partial charge is 0.480 e. The summed E-state index contributed by atoms with van der Waals surface area (Å²) < 4.78 is 4.96. The van der Waals surface area contributed by atoms with Crippen LogP contribution in [0.5, 0.6) is 0 Å². The molecule has 1 aromatic carbocycles. The fourth-order valence-electron chi connectivity index (χ4n) is 2.16. The van der Waals surface area contributed by atoms with Crippen molar-refractivity contribution in [2.75, 3.05) is 0 Å². The summed E-state index contributed by atoms with van der Waals surface area (Å²) in [5.74, 6) is -0.313. The van der Waals surface area contributed by atoms with Gasteiger partial charge in [-0.25, -0.2) is 4.79 Å². The lowest BCUT2D eigenvalue weighted by atomic mass is 10.1. The fourth-order valence-corrected chi connectivity index (χ4v) is 2.16. The van der Waals surface area contributed by atoms with Crippen LogP contribution in [0.1, 0.15) is 30.1 Å². The minimum absolute atomic E-state index is 0.208. The number of hydrogen-bond acceptors (Lipinski definition) is 5. The van der Waals surface area contributed by atoms with Crippen LogP contribution < -0.4 is 5.32 Å². The van der Waals surface area contributed by atoms with E-state index in [-0.39, 0.29) is 18.7 Å². The standard InChI is InChI=1S/C16H19N3O4/c1-11-17-15(23-19-11)9-5-8-14(20)18-13(16(21)22)10-12-6-3-2-4-7-12/h2-4,6-7,13H,5,8-10H2,1H3,(H,18,20)(H,21,22). The third-order valence-electron chi connectivity index (χ3n) is 3.28. The summed E-state index contributed by atoms with van der Waals surface area (Å²) in [6, 6.07) is 8.26. The molecule has 1 unspecified atom stereocenters. The molecule has 0 aliphatic carbocycles. The second kappa shape index (κ2) is 8.07.